The van der Waals surface area contributed by atoms with Crippen molar-refractivity contribution in [1.82, 2.24) is 10.2 Å². The summed E-state index contributed by atoms with van der Waals surface area (Å²) < 4.78 is 4.68. The van der Waals surface area contributed by atoms with Gasteiger partial charge in [0.15, 0.2) is 0 Å². The molecule has 1 aliphatic rings. The van der Waals surface area contributed by atoms with Gasteiger partial charge in [0.2, 0.25) is 0 Å². The van der Waals surface area contributed by atoms with E-state index in [0.29, 0.717) is 6.54 Å². The number of nitrogens with one attached hydrogen (secondary N) is 1. The number of carboxylic acids is 1. The number of carbonyl (C=O) groups is 3. The summed E-state index contributed by atoms with van der Waals surface area (Å²) >= 11 is 0. The van der Waals surface area contributed by atoms with Gasteiger partial charge in [-0.1, -0.05) is 6.92 Å². The zero-order valence-corrected chi connectivity index (χ0v) is 11.6. The van der Waals surface area contributed by atoms with Crippen molar-refractivity contribution in [1.29, 1.82) is 0 Å². The molecule has 0 aromatic rings. The van der Waals surface area contributed by atoms with Crippen molar-refractivity contribution in [2.75, 3.05) is 20.2 Å². The van der Waals surface area contributed by atoms with Crippen LogP contribution in [0.2, 0.25) is 0 Å². The Balaban J connectivity index is 2.66. The molecule has 19 heavy (non-hydrogen) atoms. The molecule has 7 heteroatoms. The summed E-state index contributed by atoms with van der Waals surface area (Å²) in [5, 5.41) is 11.4. The molecule has 7 nitrogen and oxygen atoms in total. The average molecular weight is 272 g/mol. The molecule has 0 aromatic heterocycles. The first-order valence-electron chi connectivity index (χ1n) is 6.07. The molecule has 2 N–H and O–H groups in total. The molecule has 108 valence electrons. The molecule has 1 heterocycles. The minimum atomic E-state index is -1.34. The molecule has 2 amide bonds. The van der Waals surface area contributed by atoms with Crippen molar-refractivity contribution in [3.63, 3.8) is 0 Å². The van der Waals surface area contributed by atoms with Crippen molar-refractivity contribution in [2.24, 2.45) is 11.8 Å². The second-order valence-corrected chi connectivity index (χ2v) is 5.37. The number of hydrogen-bond donors (Lipinski definition) is 2. The highest BCUT2D eigenvalue weighted by Crippen LogP contribution is 2.24. The van der Waals surface area contributed by atoms with Gasteiger partial charge in [-0.2, -0.15) is 0 Å². The first kappa shape index (κ1) is 15.3. The van der Waals surface area contributed by atoms with E-state index in [-0.39, 0.29) is 24.3 Å². The molecule has 1 saturated heterocycles. The van der Waals surface area contributed by atoms with Gasteiger partial charge in [-0.05, 0) is 19.8 Å². The van der Waals surface area contributed by atoms with Gasteiger partial charge in [-0.3, -0.25) is 4.79 Å². The minimum absolute atomic E-state index is 0.00820. The smallest absolute Gasteiger partial charge is 0.328 e. The molecule has 1 aliphatic heterocycles. The van der Waals surface area contributed by atoms with E-state index in [9.17, 15) is 14.4 Å². The van der Waals surface area contributed by atoms with Crippen LogP contribution in [0.3, 0.4) is 0 Å². The summed E-state index contributed by atoms with van der Waals surface area (Å²) in [4.78, 5) is 35.9. The maximum absolute atomic E-state index is 12.0. The van der Waals surface area contributed by atoms with Crippen LogP contribution in [-0.2, 0) is 14.3 Å². The summed E-state index contributed by atoms with van der Waals surface area (Å²) in [6, 6.07) is -0.481. The van der Waals surface area contributed by atoms with Crippen LogP contribution in [0.4, 0.5) is 4.79 Å². The Kier molecular flexibility index (Phi) is 4.39. The van der Waals surface area contributed by atoms with Crippen molar-refractivity contribution < 1.29 is 24.2 Å². The van der Waals surface area contributed by atoms with E-state index in [4.69, 9.17) is 5.11 Å². The van der Waals surface area contributed by atoms with Gasteiger partial charge in [0.1, 0.15) is 5.54 Å². The van der Waals surface area contributed by atoms with E-state index >= 15 is 0 Å². The monoisotopic (exact) mass is 272 g/mol. The van der Waals surface area contributed by atoms with Gasteiger partial charge >= 0.3 is 18.0 Å². The Morgan fingerprint density at radius 3 is 2.37 bits per heavy atom. The molecule has 0 aromatic carbocycles. The molecule has 0 bridgehead atoms. The molecule has 0 radical (unpaired) electrons. The van der Waals surface area contributed by atoms with Gasteiger partial charge in [-0.15, -0.1) is 0 Å². The third kappa shape index (κ3) is 3.36. The van der Waals surface area contributed by atoms with Crippen LogP contribution in [-0.4, -0.2) is 53.7 Å². The molecule has 1 fully saturated rings. The minimum Gasteiger partial charge on any atom is -0.480 e. The highest BCUT2D eigenvalue weighted by atomic mass is 16.5. The van der Waals surface area contributed by atoms with Crippen molar-refractivity contribution in [2.45, 2.75) is 26.3 Å². The van der Waals surface area contributed by atoms with Gasteiger partial charge in [0.25, 0.3) is 0 Å². The predicted octanol–water partition coefficient (Wildman–Crippen LogP) is 0.300. The third-order valence-corrected chi connectivity index (χ3v) is 3.36. The second kappa shape index (κ2) is 5.46. The number of amides is 2. The van der Waals surface area contributed by atoms with E-state index in [2.05, 4.69) is 10.1 Å². The first-order valence-corrected chi connectivity index (χ1v) is 6.07. The summed E-state index contributed by atoms with van der Waals surface area (Å²) in [5.74, 6) is -1.83. The Hall–Kier alpha value is -1.79. The van der Waals surface area contributed by atoms with E-state index in [1.165, 1.54) is 25.9 Å². The zero-order valence-electron chi connectivity index (χ0n) is 11.6. The normalized spacial score (nSPS) is 23.1. The number of esters is 1. The van der Waals surface area contributed by atoms with Crippen molar-refractivity contribution in [3.05, 3.63) is 0 Å². The number of urea groups is 1. The number of aliphatic carboxylic acids is 1. The van der Waals surface area contributed by atoms with Crippen LogP contribution >= 0.6 is 0 Å². The summed E-state index contributed by atoms with van der Waals surface area (Å²) in [6.07, 6.45) is 0. The first-order chi connectivity index (χ1) is 8.69. The fourth-order valence-corrected chi connectivity index (χ4v) is 1.99. The fraction of sp³-hybridized carbons (Fsp3) is 0.750. The summed E-state index contributed by atoms with van der Waals surface area (Å²) in [5.41, 5.74) is -1.34. The third-order valence-electron chi connectivity index (χ3n) is 3.36. The summed E-state index contributed by atoms with van der Waals surface area (Å²) in [7, 11) is 1.31. The molecular formula is C12H20N2O5. The number of methoxy groups -OCH3 is 1. The SMILES string of the molecule is COC(=O)C1CN(C(=O)NC(C)(C)C(=O)O)CC1C. The van der Waals surface area contributed by atoms with Crippen LogP contribution in [0.15, 0.2) is 0 Å². The number of nitrogens with zero attached hydrogens (tertiary/aromatic N) is 1. The largest absolute Gasteiger partial charge is 0.480 e. The van der Waals surface area contributed by atoms with E-state index in [1.807, 2.05) is 6.92 Å². The molecule has 2 unspecified atom stereocenters. The topological polar surface area (TPSA) is 95.9 Å². The Bertz CT molecular complexity index is 394. The molecular weight excluding hydrogens is 252 g/mol. The van der Waals surface area contributed by atoms with Gasteiger partial charge in [-0.25, -0.2) is 9.59 Å². The number of likely N-dealkylation sites (tertiary alicyclic amines) is 1. The lowest BCUT2D eigenvalue weighted by Crippen LogP contribution is -2.54. The van der Waals surface area contributed by atoms with Crippen LogP contribution in [0, 0.1) is 11.8 Å². The van der Waals surface area contributed by atoms with E-state index in [0.717, 1.165) is 0 Å². The number of ether oxygens (including phenoxy) is 1. The maximum Gasteiger partial charge on any atom is 0.328 e. The standard InChI is InChI=1S/C12H20N2O5/c1-7-5-14(6-8(7)9(15)19-4)11(18)13-12(2,3)10(16)17/h7-8H,5-6H2,1-4H3,(H,13,18)(H,16,17). The van der Waals surface area contributed by atoms with Crippen molar-refractivity contribution >= 4 is 18.0 Å². The number of carbonyl (C=O) groups excluding carboxylic acids is 2. The van der Waals surface area contributed by atoms with Gasteiger partial charge in [0, 0.05) is 13.1 Å². The molecule has 0 saturated carbocycles. The highest BCUT2D eigenvalue weighted by Gasteiger charge is 2.39. The number of rotatable bonds is 3. The average Bonchev–Trinajstić information content (AvgIpc) is 2.69. The maximum atomic E-state index is 12.0. The van der Waals surface area contributed by atoms with Crippen LogP contribution < -0.4 is 5.32 Å². The molecule has 1 rings (SSSR count). The Labute approximate surface area is 111 Å². The fourth-order valence-electron chi connectivity index (χ4n) is 1.99. The molecule has 0 spiro atoms. The van der Waals surface area contributed by atoms with Crippen LogP contribution in [0.1, 0.15) is 20.8 Å². The highest BCUT2D eigenvalue weighted by molar-refractivity contribution is 5.86. The van der Waals surface area contributed by atoms with Gasteiger partial charge in [0.05, 0.1) is 13.0 Å². The van der Waals surface area contributed by atoms with E-state index in [1.54, 1.807) is 0 Å². The van der Waals surface area contributed by atoms with Crippen LogP contribution in [0.25, 0.3) is 0 Å². The lowest BCUT2D eigenvalue weighted by molar-refractivity contribution is -0.146. The molecule has 0 aliphatic carbocycles. The number of carboxylic acid groups (broad SMARTS) is 1. The molecule has 2 atom stereocenters. The van der Waals surface area contributed by atoms with Gasteiger partial charge < -0.3 is 20.1 Å². The predicted molar refractivity (Wildman–Crippen MR) is 66.5 cm³/mol. The Morgan fingerprint density at radius 2 is 1.89 bits per heavy atom. The lowest BCUT2D eigenvalue weighted by atomic mass is 9.99. The zero-order chi connectivity index (χ0) is 14.8. The second-order valence-electron chi connectivity index (χ2n) is 5.37. The number of hydrogen-bond acceptors (Lipinski definition) is 4. The summed E-state index contributed by atoms with van der Waals surface area (Å²) in [6.45, 7) is 5.32. The quantitative estimate of drug-likeness (QED) is 0.720. The lowest BCUT2D eigenvalue weighted by Gasteiger charge is -2.25. The van der Waals surface area contributed by atoms with Crippen LogP contribution in [0.5, 0.6) is 0 Å². The van der Waals surface area contributed by atoms with Crippen molar-refractivity contribution in [3.8, 4) is 0 Å². The Morgan fingerprint density at radius 1 is 1.32 bits per heavy atom. The van der Waals surface area contributed by atoms with E-state index < -0.39 is 17.5 Å².